The lowest BCUT2D eigenvalue weighted by Gasteiger charge is -2.19. The van der Waals surface area contributed by atoms with Gasteiger partial charge >= 0.3 is 11.7 Å². The molecule has 2 aliphatic rings. The minimum absolute atomic E-state index is 0.204. The van der Waals surface area contributed by atoms with Crippen LogP contribution in [0.5, 0.6) is 5.88 Å². The second kappa shape index (κ2) is 11.6. The molecule has 1 aliphatic carbocycles. The molecule has 1 saturated heterocycles. The molecule has 240 valence electrons. The zero-order chi connectivity index (χ0) is 33.1. The number of anilines is 2. The first-order valence-electron chi connectivity index (χ1n) is 15.1. The summed E-state index contributed by atoms with van der Waals surface area (Å²) in [6, 6.07) is 13.1. The lowest BCUT2D eigenvalue weighted by molar-refractivity contribution is -0.139. The predicted molar refractivity (Wildman–Crippen MR) is 178 cm³/mol. The van der Waals surface area contributed by atoms with Crippen LogP contribution >= 0.6 is 11.6 Å². The van der Waals surface area contributed by atoms with Crippen LogP contribution in [0.4, 0.5) is 11.5 Å². The van der Waals surface area contributed by atoms with Gasteiger partial charge in [-0.1, -0.05) is 41.9 Å². The zero-order valence-electron chi connectivity index (χ0n) is 26.2. The number of aryl methyl sites for hydroxylation is 1. The van der Waals surface area contributed by atoms with E-state index in [-0.39, 0.29) is 17.8 Å². The molecule has 2 aromatic carbocycles. The molecule has 47 heavy (non-hydrogen) atoms. The molecule has 0 amide bonds. The summed E-state index contributed by atoms with van der Waals surface area (Å²) < 4.78 is 8.12. The molecule has 0 bridgehead atoms. The van der Waals surface area contributed by atoms with Gasteiger partial charge < -0.3 is 15.2 Å². The maximum absolute atomic E-state index is 13.1. The van der Waals surface area contributed by atoms with Gasteiger partial charge in [-0.3, -0.25) is 28.6 Å². The van der Waals surface area contributed by atoms with E-state index in [0.29, 0.717) is 51.1 Å². The first-order valence-corrected chi connectivity index (χ1v) is 15.5. The van der Waals surface area contributed by atoms with E-state index in [2.05, 4.69) is 20.2 Å². The van der Waals surface area contributed by atoms with Crippen LogP contribution in [0.25, 0.3) is 33.3 Å². The predicted octanol–water partition coefficient (Wildman–Crippen LogP) is 4.23. The topological polar surface area (TPSA) is 144 Å². The number of piperidine rings is 1. The molecule has 13 heteroatoms. The van der Waals surface area contributed by atoms with Crippen molar-refractivity contribution in [2.75, 3.05) is 25.5 Å². The van der Waals surface area contributed by atoms with Crippen molar-refractivity contribution >= 4 is 40.0 Å². The Morgan fingerprint density at radius 2 is 1.72 bits per heavy atom. The minimum Gasteiger partial charge on any atom is -0.481 e. The third-order valence-electron chi connectivity index (χ3n) is 9.47. The van der Waals surface area contributed by atoms with E-state index in [1.807, 2.05) is 43.3 Å². The maximum Gasteiger partial charge on any atom is 0.330 e. The molecule has 2 fully saturated rings. The number of carboxylic acid groups (broad SMARTS) is 1. The van der Waals surface area contributed by atoms with E-state index in [1.54, 1.807) is 32.6 Å². The fourth-order valence-corrected chi connectivity index (χ4v) is 7.19. The molecule has 0 spiro atoms. The number of ether oxygens (including phenoxy) is 1. The molecule has 2 atom stereocenters. The van der Waals surface area contributed by atoms with Crippen LogP contribution in [0.2, 0.25) is 5.02 Å². The number of aliphatic carboxylic acids is 1. The smallest absolute Gasteiger partial charge is 0.330 e. The average molecular weight is 654 g/mol. The molecule has 7 rings (SSSR count). The summed E-state index contributed by atoms with van der Waals surface area (Å²) in [5.74, 6) is 0.214. The van der Waals surface area contributed by atoms with Gasteiger partial charge in [0.1, 0.15) is 16.9 Å². The van der Waals surface area contributed by atoms with Gasteiger partial charge in [-0.2, -0.15) is 0 Å². The Kier molecular flexibility index (Phi) is 7.56. The summed E-state index contributed by atoms with van der Waals surface area (Å²) in [6.45, 7) is 3.93. The number of halogens is 1. The van der Waals surface area contributed by atoms with Gasteiger partial charge in [-0.05, 0) is 42.0 Å². The zero-order valence-corrected chi connectivity index (χ0v) is 26.9. The Morgan fingerprint density at radius 1 is 1.02 bits per heavy atom. The van der Waals surface area contributed by atoms with Crippen molar-refractivity contribution in [3.63, 3.8) is 0 Å². The highest BCUT2D eigenvalue weighted by Crippen LogP contribution is 2.52. The molecule has 4 heterocycles. The van der Waals surface area contributed by atoms with Crippen molar-refractivity contribution in [3.8, 4) is 28.3 Å². The number of pyridine rings is 1. The van der Waals surface area contributed by atoms with Crippen LogP contribution in [0.1, 0.15) is 11.3 Å². The van der Waals surface area contributed by atoms with Crippen LogP contribution in [0.3, 0.4) is 0 Å². The number of carbonyl (C=O) groups is 1. The largest absolute Gasteiger partial charge is 0.481 e. The van der Waals surface area contributed by atoms with Gasteiger partial charge in [-0.15, -0.1) is 0 Å². The van der Waals surface area contributed by atoms with Crippen LogP contribution in [-0.2, 0) is 25.4 Å². The SMILES string of the molecule is COc1nc(-c2cccc(-c3cccc(Nc4nccc5c4c(=O)n(C)c(=O)n5C)c3C)c2Cl)cnc1CN1CC2C(C1)C2C(=O)O. The van der Waals surface area contributed by atoms with Gasteiger partial charge in [0.2, 0.25) is 5.88 Å². The van der Waals surface area contributed by atoms with E-state index >= 15 is 0 Å². The van der Waals surface area contributed by atoms with Gasteiger partial charge in [0.05, 0.1) is 35.5 Å². The summed E-state index contributed by atoms with van der Waals surface area (Å²) in [5.41, 5.74) is 4.80. The highest BCUT2D eigenvalue weighted by Gasteiger charge is 2.59. The van der Waals surface area contributed by atoms with Crippen molar-refractivity contribution in [2.24, 2.45) is 31.8 Å². The van der Waals surface area contributed by atoms with Gasteiger partial charge in [0.15, 0.2) is 0 Å². The quantitative estimate of drug-likeness (QED) is 0.250. The van der Waals surface area contributed by atoms with Crippen LogP contribution < -0.4 is 21.3 Å². The average Bonchev–Trinajstić information content (AvgIpc) is 3.59. The maximum atomic E-state index is 13.1. The Labute approximate surface area is 274 Å². The molecule has 12 nitrogen and oxygen atoms in total. The molecule has 3 aromatic heterocycles. The number of hydrogen-bond acceptors (Lipinski definition) is 9. The van der Waals surface area contributed by atoms with Crippen molar-refractivity contribution in [3.05, 3.63) is 92.0 Å². The molecular weight excluding hydrogens is 622 g/mol. The number of carboxylic acids is 1. The molecular formula is C34H32ClN7O5. The fraction of sp³-hybridized carbons (Fsp3) is 0.294. The molecule has 5 aromatic rings. The Balaban J connectivity index is 1.19. The lowest BCUT2D eigenvalue weighted by atomic mass is 9.96. The van der Waals surface area contributed by atoms with Crippen molar-refractivity contribution in [2.45, 2.75) is 13.5 Å². The molecule has 2 unspecified atom stereocenters. The van der Waals surface area contributed by atoms with Crippen LogP contribution in [0.15, 0.2) is 64.4 Å². The number of methoxy groups -OCH3 is 1. The summed E-state index contributed by atoms with van der Waals surface area (Å²) in [6.07, 6.45) is 3.25. The van der Waals surface area contributed by atoms with Crippen molar-refractivity contribution in [1.82, 2.24) is 29.0 Å². The van der Waals surface area contributed by atoms with E-state index in [9.17, 15) is 19.5 Å². The number of fused-ring (bicyclic) bond motifs is 2. The first-order chi connectivity index (χ1) is 22.6. The van der Waals surface area contributed by atoms with E-state index in [0.717, 1.165) is 40.0 Å². The van der Waals surface area contributed by atoms with Crippen LogP contribution in [-0.4, -0.2) is 60.3 Å². The number of benzene rings is 2. The van der Waals surface area contributed by atoms with Gasteiger partial charge in [0.25, 0.3) is 5.56 Å². The summed E-state index contributed by atoms with van der Waals surface area (Å²) in [5, 5.41) is 13.4. The monoisotopic (exact) mass is 653 g/mol. The van der Waals surface area contributed by atoms with Crippen LogP contribution in [0, 0.1) is 24.7 Å². The molecule has 1 saturated carbocycles. The number of rotatable bonds is 8. The van der Waals surface area contributed by atoms with Gasteiger partial charge in [-0.25, -0.2) is 14.8 Å². The lowest BCUT2D eigenvalue weighted by Crippen LogP contribution is -2.37. The normalized spacial score (nSPS) is 18.7. The Hall–Kier alpha value is -5.07. The van der Waals surface area contributed by atoms with Crippen molar-refractivity contribution in [1.29, 1.82) is 0 Å². The third-order valence-corrected chi connectivity index (χ3v) is 9.87. The van der Waals surface area contributed by atoms with Crippen molar-refractivity contribution < 1.29 is 14.6 Å². The highest BCUT2D eigenvalue weighted by molar-refractivity contribution is 6.36. The fourth-order valence-electron chi connectivity index (χ4n) is 6.87. The number of aromatic nitrogens is 5. The van der Waals surface area contributed by atoms with E-state index in [1.165, 1.54) is 11.6 Å². The Bertz CT molecular complexity index is 2200. The number of nitrogens with zero attached hydrogens (tertiary/aromatic N) is 6. The molecule has 0 radical (unpaired) electrons. The summed E-state index contributed by atoms with van der Waals surface area (Å²) >= 11 is 7.07. The minimum atomic E-state index is -0.707. The summed E-state index contributed by atoms with van der Waals surface area (Å²) in [4.78, 5) is 53.0. The highest BCUT2D eigenvalue weighted by atomic mass is 35.5. The summed E-state index contributed by atoms with van der Waals surface area (Å²) in [7, 11) is 4.62. The van der Waals surface area contributed by atoms with Gasteiger partial charge in [0, 0.05) is 56.7 Å². The third kappa shape index (κ3) is 5.13. The molecule has 2 N–H and O–H groups in total. The number of nitrogens with one attached hydrogen (secondary N) is 1. The first kappa shape index (κ1) is 30.6. The number of likely N-dealkylation sites (tertiary alicyclic amines) is 1. The van der Waals surface area contributed by atoms with E-state index in [4.69, 9.17) is 21.3 Å². The Morgan fingerprint density at radius 3 is 2.45 bits per heavy atom. The van der Waals surface area contributed by atoms with E-state index < -0.39 is 17.2 Å². The second-order valence-electron chi connectivity index (χ2n) is 12.1. The second-order valence-corrected chi connectivity index (χ2v) is 12.5. The molecule has 1 aliphatic heterocycles. The number of hydrogen-bond donors (Lipinski definition) is 2. The standard InChI is InChI=1S/C34H32ClN7O5/c1-17-18(7-6-10-23(17)38-30-28-26(11-12-36-30)40(2)34(46)41(3)32(28)43)19-8-5-9-20(29(19)35)24-13-37-25(31(39-24)47-4)16-42-14-21-22(15-42)27(21)33(44)45/h5-13,21-22,27H,14-16H2,1-4H3,(H,36,38)(H,44,45).